The van der Waals surface area contributed by atoms with E-state index in [4.69, 9.17) is 5.73 Å². The number of hydrogen-bond acceptors (Lipinski definition) is 3. The van der Waals surface area contributed by atoms with Crippen molar-refractivity contribution in [1.29, 1.82) is 0 Å². The van der Waals surface area contributed by atoms with Crippen LogP contribution in [-0.4, -0.2) is 31.6 Å². The van der Waals surface area contributed by atoms with Gasteiger partial charge in [-0.15, -0.1) is 0 Å². The van der Waals surface area contributed by atoms with E-state index >= 15 is 0 Å². The van der Waals surface area contributed by atoms with Crippen molar-refractivity contribution in [2.75, 3.05) is 24.5 Å². The third kappa shape index (κ3) is 4.45. The van der Waals surface area contributed by atoms with Gasteiger partial charge in [0.05, 0.1) is 0 Å². The number of carbonyl (C=O) groups excluding carboxylic acids is 1. The predicted molar refractivity (Wildman–Crippen MR) is 90.3 cm³/mol. The van der Waals surface area contributed by atoms with Gasteiger partial charge in [-0.2, -0.15) is 0 Å². The van der Waals surface area contributed by atoms with Gasteiger partial charge in [0.15, 0.2) is 0 Å². The summed E-state index contributed by atoms with van der Waals surface area (Å²) in [6, 6.07) is 8.28. The molecule has 1 fully saturated rings. The van der Waals surface area contributed by atoms with E-state index in [0.717, 1.165) is 30.5 Å². The second-order valence-corrected chi connectivity index (χ2v) is 6.89. The minimum absolute atomic E-state index is 0.0621. The molecule has 1 amide bonds. The van der Waals surface area contributed by atoms with Gasteiger partial charge in [0, 0.05) is 41.8 Å². The molecule has 1 aliphatic rings. The number of rotatable bonds is 5. The van der Waals surface area contributed by atoms with Crippen molar-refractivity contribution in [2.45, 2.75) is 26.3 Å². The standard InChI is InChI=1S/C16H24BrN3O/c1-11(12(2)18)16(21)19-9-13-7-8-20(10-13)15-5-3-14(17)4-6-15/h3-6,11-13H,7-10,18H2,1-2H3,(H,19,21). The van der Waals surface area contributed by atoms with Crippen molar-refractivity contribution < 1.29 is 4.79 Å². The van der Waals surface area contributed by atoms with Crippen LogP contribution in [0.25, 0.3) is 0 Å². The molecule has 2 rings (SSSR count). The van der Waals surface area contributed by atoms with Crippen LogP contribution in [0.5, 0.6) is 0 Å². The molecule has 4 nitrogen and oxygen atoms in total. The van der Waals surface area contributed by atoms with Gasteiger partial charge in [-0.05, 0) is 43.5 Å². The highest BCUT2D eigenvalue weighted by molar-refractivity contribution is 9.10. The van der Waals surface area contributed by atoms with Crippen LogP contribution in [-0.2, 0) is 4.79 Å². The van der Waals surface area contributed by atoms with Crippen molar-refractivity contribution >= 4 is 27.5 Å². The van der Waals surface area contributed by atoms with Crippen molar-refractivity contribution in [3.63, 3.8) is 0 Å². The van der Waals surface area contributed by atoms with Crippen molar-refractivity contribution in [3.05, 3.63) is 28.7 Å². The highest BCUT2D eigenvalue weighted by Crippen LogP contribution is 2.25. The van der Waals surface area contributed by atoms with E-state index in [1.807, 2.05) is 13.8 Å². The first-order valence-corrected chi connectivity index (χ1v) is 8.30. The molecule has 1 aromatic carbocycles. The Hall–Kier alpha value is -1.07. The topological polar surface area (TPSA) is 58.4 Å². The Balaban J connectivity index is 1.80. The van der Waals surface area contributed by atoms with Crippen molar-refractivity contribution in [3.8, 4) is 0 Å². The van der Waals surface area contributed by atoms with Gasteiger partial charge in [-0.3, -0.25) is 4.79 Å². The van der Waals surface area contributed by atoms with Crippen LogP contribution >= 0.6 is 15.9 Å². The van der Waals surface area contributed by atoms with E-state index in [0.29, 0.717) is 5.92 Å². The maximum Gasteiger partial charge on any atom is 0.224 e. The molecule has 1 aliphatic heterocycles. The van der Waals surface area contributed by atoms with E-state index in [-0.39, 0.29) is 17.9 Å². The average Bonchev–Trinajstić information content (AvgIpc) is 2.93. The Morgan fingerprint density at radius 1 is 1.43 bits per heavy atom. The lowest BCUT2D eigenvalue weighted by molar-refractivity contribution is -0.125. The number of anilines is 1. The molecule has 1 saturated heterocycles. The summed E-state index contributed by atoms with van der Waals surface area (Å²) in [6.07, 6.45) is 1.11. The first-order chi connectivity index (χ1) is 9.97. The Morgan fingerprint density at radius 2 is 2.10 bits per heavy atom. The molecule has 0 saturated carbocycles. The van der Waals surface area contributed by atoms with E-state index in [1.165, 1.54) is 5.69 Å². The summed E-state index contributed by atoms with van der Waals surface area (Å²) in [5.74, 6) is 0.443. The average molecular weight is 354 g/mol. The van der Waals surface area contributed by atoms with Crippen LogP contribution in [0.2, 0.25) is 0 Å². The van der Waals surface area contributed by atoms with Gasteiger partial charge in [0.25, 0.3) is 0 Å². The molecule has 3 unspecified atom stereocenters. The fraction of sp³-hybridized carbons (Fsp3) is 0.562. The zero-order valence-corrected chi connectivity index (χ0v) is 14.3. The molecule has 1 heterocycles. The molecule has 116 valence electrons. The third-order valence-electron chi connectivity index (χ3n) is 4.24. The number of benzene rings is 1. The lowest BCUT2D eigenvalue weighted by Crippen LogP contribution is -2.40. The summed E-state index contributed by atoms with van der Waals surface area (Å²) in [6.45, 7) is 6.53. The fourth-order valence-electron chi connectivity index (χ4n) is 2.53. The molecule has 0 aliphatic carbocycles. The number of hydrogen-bond donors (Lipinski definition) is 2. The quantitative estimate of drug-likeness (QED) is 0.854. The molecule has 5 heteroatoms. The van der Waals surface area contributed by atoms with E-state index in [1.54, 1.807) is 0 Å². The summed E-state index contributed by atoms with van der Waals surface area (Å²) in [5, 5.41) is 3.03. The molecular formula is C16H24BrN3O. The Kier molecular flexibility index (Phi) is 5.65. The van der Waals surface area contributed by atoms with Crippen molar-refractivity contribution in [1.82, 2.24) is 5.32 Å². The number of nitrogens with one attached hydrogen (secondary N) is 1. The van der Waals surface area contributed by atoms with Crippen LogP contribution in [0.15, 0.2) is 28.7 Å². The molecule has 0 aromatic heterocycles. The van der Waals surface area contributed by atoms with Crippen LogP contribution in [0.4, 0.5) is 5.69 Å². The second kappa shape index (κ2) is 7.27. The molecule has 0 spiro atoms. The summed E-state index contributed by atoms with van der Waals surface area (Å²) in [4.78, 5) is 14.3. The molecule has 3 N–H and O–H groups in total. The Morgan fingerprint density at radius 3 is 2.71 bits per heavy atom. The third-order valence-corrected chi connectivity index (χ3v) is 4.77. The zero-order chi connectivity index (χ0) is 15.4. The van der Waals surface area contributed by atoms with Gasteiger partial charge in [-0.1, -0.05) is 22.9 Å². The highest BCUT2D eigenvalue weighted by Gasteiger charge is 2.24. The number of halogens is 1. The monoisotopic (exact) mass is 353 g/mol. The van der Waals surface area contributed by atoms with Gasteiger partial charge in [0.1, 0.15) is 0 Å². The lowest BCUT2D eigenvalue weighted by Gasteiger charge is -2.20. The minimum atomic E-state index is -0.131. The molecule has 1 aromatic rings. The fourth-order valence-corrected chi connectivity index (χ4v) is 2.79. The summed E-state index contributed by atoms with van der Waals surface area (Å²) in [5.41, 5.74) is 7.00. The highest BCUT2D eigenvalue weighted by atomic mass is 79.9. The first-order valence-electron chi connectivity index (χ1n) is 7.51. The first kappa shape index (κ1) is 16.3. The summed E-state index contributed by atoms with van der Waals surface area (Å²) < 4.78 is 1.10. The van der Waals surface area contributed by atoms with Crippen LogP contribution in [0.3, 0.4) is 0 Å². The van der Waals surface area contributed by atoms with Crippen LogP contribution in [0.1, 0.15) is 20.3 Å². The van der Waals surface area contributed by atoms with Gasteiger partial charge < -0.3 is 16.0 Å². The van der Waals surface area contributed by atoms with Crippen LogP contribution in [0, 0.1) is 11.8 Å². The smallest absolute Gasteiger partial charge is 0.224 e. The molecule has 0 radical (unpaired) electrons. The second-order valence-electron chi connectivity index (χ2n) is 5.97. The van der Waals surface area contributed by atoms with Crippen LogP contribution < -0.4 is 16.0 Å². The van der Waals surface area contributed by atoms with E-state index in [9.17, 15) is 4.79 Å². The zero-order valence-electron chi connectivity index (χ0n) is 12.7. The molecule has 3 atom stereocenters. The largest absolute Gasteiger partial charge is 0.371 e. The Labute approximate surface area is 135 Å². The molecule has 21 heavy (non-hydrogen) atoms. The predicted octanol–water partition coefficient (Wildman–Crippen LogP) is 2.37. The van der Waals surface area contributed by atoms with E-state index < -0.39 is 0 Å². The van der Waals surface area contributed by atoms with Gasteiger partial charge in [-0.25, -0.2) is 0 Å². The van der Waals surface area contributed by atoms with E-state index in [2.05, 4.69) is 50.4 Å². The van der Waals surface area contributed by atoms with Gasteiger partial charge in [0.2, 0.25) is 5.91 Å². The maximum absolute atomic E-state index is 11.9. The molecular weight excluding hydrogens is 330 g/mol. The number of nitrogens with zero attached hydrogens (tertiary/aromatic N) is 1. The number of carbonyl (C=O) groups is 1. The maximum atomic E-state index is 11.9. The number of amides is 1. The minimum Gasteiger partial charge on any atom is -0.371 e. The lowest BCUT2D eigenvalue weighted by atomic mass is 10.0. The summed E-state index contributed by atoms with van der Waals surface area (Å²) in [7, 11) is 0. The summed E-state index contributed by atoms with van der Waals surface area (Å²) >= 11 is 3.46. The van der Waals surface area contributed by atoms with Gasteiger partial charge >= 0.3 is 0 Å². The Bertz CT molecular complexity index is 475. The number of nitrogens with two attached hydrogens (primary N) is 1. The van der Waals surface area contributed by atoms with Crippen molar-refractivity contribution in [2.24, 2.45) is 17.6 Å². The normalized spacial score (nSPS) is 21.1. The molecule has 0 bridgehead atoms. The SMILES string of the molecule is CC(N)C(C)C(=O)NCC1CCN(c2ccc(Br)cc2)C1.